The normalized spacial score (nSPS) is 10.8. The van der Waals surface area contributed by atoms with Crippen molar-refractivity contribution in [1.82, 2.24) is 0 Å². The maximum Gasteiger partial charge on any atom is 1.00 e. The Kier molecular flexibility index (Phi) is 29.3. The molecule has 0 saturated heterocycles. The monoisotopic (exact) mass is 388 g/mol. The molecule has 0 heterocycles. The number of rotatable bonds is 23. The van der Waals surface area contributed by atoms with E-state index in [1.807, 2.05) is 0 Å². The number of carbonyl (C=O) groups is 1. The van der Waals surface area contributed by atoms with Crippen LogP contribution in [0.5, 0.6) is 0 Å². The SMILES string of the molecule is CCCCCCCCCCCCCCCCCCCCCCCCC(=O)[O-].[Li+]. The quantitative estimate of drug-likeness (QED) is 0.187. The molecule has 0 radical (unpaired) electrons. The number of hydrogen-bond donors (Lipinski definition) is 0. The van der Waals surface area contributed by atoms with Crippen molar-refractivity contribution in [2.24, 2.45) is 0 Å². The maximum atomic E-state index is 10.3. The second-order valence-electron chi connectivity index (χ2n) is 8.55. The van der Waals surface area contributed by atoms with Crippen molar-refractivity contribution >= 4 is 5.97 Å². The van der Waals surface area contributed by atoms with Crippen LogP contribution in [0.25, 0.3) is 0 Å². The Bertz CT molecular complexity index is 294. The molecule has 0 aliphatic carbocycles. The molecule has 0 unspecified atom stereocenters. The third-order valence-electron chi connectivity index (χ3n) is 5.73. The van der Waals surface area contributed by atoms with Crippen LogP contribution in [0.1, 0.15) is 155 Å². The van der Waals surface area contributed by atoms with Crippen molar-refractivity contribution < 1.29 is 28.8 Å². The van der Waals surface area contributed by atoms with Crippen molar-refractivity contribution in [1.29, 1.82) is 0 Å². The van der Waals surface area contributed by atoms with Crippen molar-refractivity contribution in [3.63, 3.8) is 0 Å². The van der Waals surface area contributed by atoms with E-state index >= 15 is 0 Å². The minimum atomic E-state index is -0.900. The molecular weight excluding hydrogens is 339 g/mol. The minimum absolute atomic E-state index is 0. The molecule has 162 valence electrons. The molecule has 0 amide bonds. The molecular formula is C25H49LiO2. The zero-order valence-corrected chi connectivity index (χ0v) is 19.6. The van der Waals surface area contributed by atoms with Crippen molar-refractivity contribution in [3.05, 3.63) is 0 Å². The van der Waals surface area contributed by atoms with Gasteiger partial charge in [-0.3, -0.25) is 0 Å². The third kappa shape index (κ3) is 28.3. The van der Waals surface area contributed by atoms with Crippen LogP contribution < -0.4 is 24.0 Å². The molecule has 0 aliphatic rings. The van der Waals surface area contributed by atoms with E-state index in [1.54, 1.807) is 0 Å². The summed E-state index contributed by atoms with van der Waals surface area (Å²) in [5.74, 6) is -0.900. The minimum Gasteiger partial charge on any atom is -0.550 e. The van der Waals surface area contributed by atoms with Crippen LogP contribution in [0.15, 0.2) is 0 Å². The average molecular weight is 389 g/mol. The Morgan fingerprint density at radius 2 is 0.679 bits per heavy atom. The maximum absolute atomic E-state index is 10.3. The molecule has 0 aromatic heterocycles. The summed E-state index contributed by atoms with van der Waals surface area (Å²) in [6.45, 7) is 2.29. The Morgan fingerprint density at radius 3 is 0.893 bits per heavy atom. The standard InChI is InChI=1S/C25H50O2.Li/c1-2-3-4-5-6-7-8-9-10-11-12-13-14-15-16-17-18-19-20-21-22-23-24-25(26)27;/h2-24H2,1H3,(H,26,27);/q;+1/p-1. The van der Waals surface area contributed by atoms with E-state index < -0.39 is 5.97 Å². The van der Waals surface area contributed by atoms with Crippen LogP contribution in [0, 0.1) is 0 Å². The predicted octanol–water partition coefficient (Wildman–Crippen LogP) is 4.73. The number of hydrogen-bond acceptors (Lipinski definition) is 2. The van der Waals surface area contributed by atoms with Gasteiger partial charge in [-0.25, -0.2) is 0 Å². The van der Waals surface area contributed by atoms with E-state index in [0.29, 0.717) is 0 Å². The molecule has 0 spiro atoms. The summed E-state index contributed by atoms with van der Waals surface area (Å²) in [6, 6.07) is 0. The second kappa shape index (κ2) is 27.1. The second-order valence-corrected chi connectivity index (χ2v) is 8.55. The molecule has 0 fully saturated rings. The molecule has 28 heavy (non-hydrogen) atoms. The van der Waals surface area contributed by atoms with Crippen LogP contribution in [-0.4, -0.2) is 5.97 Å². The van der Waals surface area contributed by atoms with Crippen LogP contribution in [0.3, 0.4) is 0 Å². The third-order valence-corrected chi connectivity index (χ3v) is 5.73. The van der Waals surface area contributed by atoms with Gasteiger partial charge in [0.05, 0.1) is 0 Å². The summed E-state index contributed by atoms with van der Waals surface area (Å²) in [5, 5.41) is 10.3. The van der Waals surface area contributed by atoms with E-state index in [1.165, 1.54) is 128 Å². The fraction of sp³-hybridized carbons (Fsp3) is 0.960. The van der Waals surface area contributed by atoms with E-state index in [9.17, 15) is 9.90 Å². The van der Waals surface area contributed by atoms with E-state index in [-0.39, 0.29) is 25.3 Å². The van der Waals surface area contributed by atoms with Crippen molar-refractivity contribution in [2.75, 3.05) is 0 Å². The van der Waals surface area contributed by atoms with E-state index in [0.717, 1.165) is 12.8 Å². The van der Waals surface area contributed by atoms with Crippen molar-refractivity contribution in [3.8, 4) is 0 Å². The van der Waals surface area contributed by atoms with Crippen LogP contribution in [0.4, 0.5) is 0 Å². The smallest absolute Gasteiger partial charge is 0.550 e. The fourth-order valence-corrected chi connectivity index (χ4v) is 3.88. The Labute approximate surface area is 189 Å². The Morgan fingerprint density at radius 1 is 0.464 bits per heavy atom. The molecule has 0 aliphatic heterocycles. The van der Waals surface area contributed by atoms with Crippen LogP contribution >= 0.6 is 0 Å². The first kappa shape index (κ1) is 30.3. The summed E-state index contributed by atoms with van der Waals surface area (Å²) in [4.78, 5) is 10.3. The van der Waals surface area contributed by atoms with Gasteiger partial charge in [-0.2, -0.15) is 0 Å². The number of carboxylic acids is 1. The summed E-state index contributed by atoms with van der Waals surface area (Å²) in [7, 11) is 0. The zero-order valence-electron chi connectivity index (χ0n) is 19.6. The van der Waals surface area contributed by atoms with E-state index in [2.05, 4.69) is 6.92 Å². The summed E-state index contributed by atoms with van der Waals surface area (Å²) in [6.07, 6.45) is 30.2. The van der Waals surface area contributed by atoms with Gasteiger partial charge in [-0.1, -0.05) is 142 Å². The van der Waals surface area contributed by atoms with E-state index in [4.69, 9.17) is 0 Å². The number of unbranched alkanes of at least 4 members (excludes halogenated alkanes) is 21. The first-order chi connectivity index (χ1) is 13.3. The van der Waals surface area contributed by atoms with Gasteiger partial charge in [0, 0.05) is 5.97 Å². The summed E-state index contributed by atoms with van der Waals surface area (Å²) in [5.41, 5.74) is 0. The molecule has 0 aromatic rings. The predicted molar refractivity (Wildman–Crippen MR) is 117 cm³/mol. The van der Waals surface area contributed by atoms with Gasteiger partial charge in [0.2, 0.25) is 0 Å². The zero-order chi connectivity index (χ0) is 19.8. The number of carbonyl (C=O) groups excluding carboxylic acids is 1. The van der Waals surface area contributed by atoms with Gasteiger partial charge in [0.1, 0.15) is 0 Å². The first-order valence-electron chi connectivity index (χ1n) is 12.5. The number of carboxylic acid groups (broad SMARTS) is 1. The molecule has 2 nitrogen and oxygen atoms in total. The molecule has 0 saturated carbocycles. The van der Waals surface area contributed by atoms with Gasteiger partial charge in [-0.15, -0.1) is 0 Å². The average Bonchev–Trinajstić information content (AvgIpc) is 2.65. The van der Waals surface area contributed by atoms with Crippen LogP contribution in [-0.2, 0) is 4.79 Å². The summed E-state index contributed by atoms with van der Waals surface area (Å²) >= 11 is 0. The molecule has 3 heteroatoms. The molecule has 0 atom stereocenters. The molecule has 0 aromatic carbocycles. The molecule has 0 rings (SSSR count). The fourth-order valence-electron chi connectivity index (χ4n) is 3.88. The van der Waals surface area contributed by atoms with Gasteiger partial charge in [-0.05, 0) is 12.8 Å². The van der Waals surface area contributed by atoms with Crippen LogP contribution in [0.2, 0.25) is 0 Å². The van der Waals surface area contributed by atoms with Gasteiger partial charge in [0.15, 0.2) is 0 Å². The largest absolute Gasteiger partial charge is 1.00 e. The van der Waals surface area contributed by atoms with Crippen molar-refractivity contribution in [2.45, 2.75) is 155 Å². The topological polar surface area (TPSA) is 40.1 Å². The Balaban J connectivity index is 0. The van der Waals surface area contributed by atoms with Gasteiger partial charge in [0.25, 0.3) is 0 Å². The molecule has 0 N–H and O–H groups in total. The first-order valence-corrected chi connectivity index (χ1v) is 12.5. The van der Waals surface area contributed by atoms with Gasteiger partial charge < -0.3 is 9.90 Å². The van der Waals surface area contributed by atoms with Gasteiger partial charge >= 0.3 is 18.9 Å². The molecule has 0 bridgehead atoms. The Hall–Kier alpha value is 0.0674. The summed E-state index contributed by atoms with van der Waals surface area (Å²) < 4.78 is 0. The number of aliphatic carboxylic acids is 1.